The Hall–Kier alpha value is -2.55. The second kappa shape index (κ2) is 5.44. The number of aromatic nitrogens is 1. The van der Waals surface area contributed by atoms with E-state index in [1.54, 1.807) is 12.4 Å². The fraction of sp³-hybridized carbons (Fsp3) is 0.167. The van der Waals surface area contributed by atoms with E-state index in [-0.39, 0.29) is 0 Å². The molecule has 3 nitrogen and oxygen atoms in total. The lowest BCUT2D eigenvalue weighted by Crippen LogP contribution is -1.77. The molecular formula is C18H17N3. The first kappa shape index (κ1) is 13.4. The summed E-state index contributed by atoms with van der Waals surface area (Å²) in [6.07, 6.45) is 3.44. The Labute approximate surface area is 124 Å². The van der Waals surface area contributed by atoms with E-state index in [0.717, 1.165) is 11.4 Å². The molecule has 0 aromatic carbocycles. The van der Waals surface area contributed by atoms with Crippen LogP contribution in [0.2, 0.25) is 0 Å². The normalized spacial score (nSPS) is 11.4. The van der Waals surface area contributed by atoms with Crippen LogP contribution in [0.3, 0.4) is 0 Å². The minimum absolute atomic E-state index is 0.810. The second-order valence-electron chi connectivity index (χ2n) is 5.31. The van der Waals surface area contributed by atoms with E-state index in [2.05, 4.69) is 54.2 Å². The van der Waals surface area contributed by atoms with Crippen LogP contribution in [0, 0.1) is 20.8 Å². The van der Waals surface area contributed by atoms with Crippen LogP contribution in [0.25, 0.3) is 11.1 Å². The summed E-state index contributed by atoms with van der Waals surface area (Å²) in [5.41, 5.74) is 7.90. The van der Waals surface area contributed by atoms with Gasteiger partial charge in [0.05, 0.1) is 11.4 Å². The van der Waals surface area contributed by atoms with Crippen LogP contribution < -0.4 is 0 Å². The lowest BCUT2D eigenvalue weighted by Gasteiger charge is -2.02. The van der Waals surface area contributed by atoms with E-state index in [1.807, 2.05) is 18.2 Å². The molecule has 0 aliphatic heterocycles. The molecule has 0 bridgehead atoms. The summed E-state index contributed by atoms with van der Waals surface area (Å²) in [4.78, 5) is 3.98. The maximum absolute atomic E-state index is 4.42. The summed E-state index contributed by atoms with van der Waals surface area (Å²) in [5.74, 6) is 0. The highest BCUT2D eigenvalue weighted by Crippen LogP contribution is 2.39. The molecule has 0 unspecified atom stereocenters. The first-order chi connectivity index (χ1) is 10.1. The van der Waals surface area contributed by atoms with Gasteiger partial charge in [0.15, 0.2) is 0 Å². The Bertz CT molecular complexity index is 776. The third-order valence-electron chi connectivity index (χ3n) is 3.58. The first-order valence-electron chi connectivity index (χ1n) is 6.97. The van der Waals surface area contributed by atoms with E-state index in [1.165, 1.54) is 27.8 Å². The van der Waals surface area contributed by atoms with E-state index >= 15 is 0 Å². The second-order valence-corrected chi connectivity index (χ2v) is 5.31. The Morgan fingerprint density at radius 2 is 1.52 bits per heavy atom. The van der Waals surface area contributed by atoms with Crippen LogP contribution >= 0.6 is 0 Å². The van der Waals surface area contributed by atoms with Crippen LogP contribution in [0.5, 0.6) is 0 Å². The smallest absolute Gasteiger partial charge is 0.0938 e. The van der Waals surface area contributed by atoms with Crippen molar-refractivity contribution in [2.45, 2.75) is 20.8 Å². The molecule has 3 rings (SSSR count). The van der Waals surface area contributed by atoms with Gasteiger partial charge in [-0.05, 0) is 55.7 Å². The molecule has 0 saturated heterocycles. The number of hydrogen-bond acceptors (Lipinski definition) is 3. The zero-order valence-electron chi connectivity index (χ0n) is 12.5. The average molecular weight is 275 g/mol. The summed E-state index contributed by atoms with van der Waals surface area (Å²) in [6, 6.07) is 12.2. The van der Waals surface area contributed by atoms with E-state index in [9.17, 15) is 0 Å². The largest absolute Gasteiger partial charge is 0.265 e. The molecule has 0 amide bonds. The monoisotopic (exact) mass is 275 g/mol. The molecule has 0 spiro atoms. The Morgan fingerprint density at radius 1 is 0.810 bits per heavy atom. The first-order valence-corrected chi connectivity index (χ1v) is 6.97. The van der Waals surface area contributed by atoms with Gasteiger partial charge in [0.25, 0.3) is 0 Å². The number of pyridine rings is 1. The molecule has 104 valence electrons. The van der Waals surface area contributed by atoms with Crippen molar-refractivity contribution in [3.63, 3.8) is 0 Å². The van der Waals surface area contributed by atoms with Gasteiger partial charge in [0.1, 0.15) is 0 Å². The molecule has 0 fully saturated rings. The molecule has 0 N–H and O–H groups in total. The van der Waals surface area contributed by atoms with Gasteiger partial charge in [0, 0.05) is 18.0 Å². The summed E-state index contributed by atoms with van der Waals surface area (Å²) >= 11 is 0. The topological polar surface area (TPSA) is 37.6 Å². The highest BCUT2D eigenvalue weighted by molar-refractivity contribution is 5.84. The maximum atomic E-state index is 4.42. The molecule has 0 atom stereocenters. The number of aryl methyl sites for hydroxylation is 3. The molecule has 2 aliphatic carbocycles. The van der Waals surface area contributed by atoms with Crippen molar-refractivity contribution in [3.05, 3.63) is 65.5 Å². The van der Waals surface area contributed by atoms with Gasteiger partial charge >= 0.3 is 0 Å². The van der Waals surface area contributed by atoms with Crippen LogP contribution in [0.4, 0.5) is 11.4 Å². The fourth-order valence-electron chi connectivity index (χ4n) is 2.69. The molecule has 0 saturated carbocycles. The minimum Gasteiger partial charge on any atom is -0.265 e. The Morgan fingerprint density at radius 3 is 2.29 bits per heavy atom. The highest BCUT2D eigenvalue weighted by atomic mass is 15.1. The number of azo groups is 1. The van der Waals surface area contributed by atoms with Gasteiger partial charge in [-0.25, -0.2) is 0 Å². The molecule has 21 heavy (non-hydrogen) atoms. The molecule has 1 aromatic rings. The number of rotatable bonds is 2. The number of nitrogens with zero attached hydrogens (tertiary/aromatic N) is 3. The van der Waals surface area contributed by atoms with Gasteiger partial charge in [-0.1, -0.05) is 23.8 Å². The molecule has 0 radical (unpaired) electrons. The van der Waals surface area contributed by atoms with Crippen molar-refractivity contribution in [3.8, 4) is 11.1 Å². The quantitative estimate of drug-likeness (QED) is 0.567. The van der Waals surface area contributed by atoms with Crippen LogP contribution in [-0.4, -0.2) is 4.98 Å². The summed E-state index contributed by atoms with van der Waals surface area (Å²) in [6.45, 7) is 6.38. The van der Waals surface area contributed by atoms with Crippen LogP contribution in [-0.2, 0) is 0 Å². The zero-order valence-corrected chi connectivity index (χ0v) is 12.5. The van der Waals surface area contributed by atoms with Gasteiger partial charge in [-0.2, -0.15) is 5.11 Å². The van der Waals surface area contributed by atoms with Crippen LogP contribution in [0.15, 0.2) is 59.0 Å². The van der Waals surface area contributed by atoms with Crippen LogP contribution in [0.1, 0.15) is 16.7 Å². The minimum atomic E-state index is 0.810. The SMILES string of the molecule is Cc1cc(C)c2ccc(N=Nc3ccncc3)c-2c(C)c1. The van der Waals surface area contributed by atoms with Crippen molar-refractivity contribution in [2.24, 2.45) is 10.2 Å². The van der Waals surface area contributed by atoms with E-state index in [4.69, 9.17) is 0 Å². The lowest BCUT2D eigenvalue weighted by molar-refractivity contribution is 1.21. The van der Waals surface area contributed by atoms with Gasteiger partial charge in [0.2, 0.25) is 0 Å². The molecule has 3 heteroatoms. The summed E-state index contributed by atoms with van der Waals surface area (Å²) in [5, 5.41) is 8.72. The standard InChI is InChI=1S/C18H17N3/c1-12-10-13(2)16-4-5-17(18(16)14(3)11-12)21-20-15-6-8-19-9-7-15/h4-11H,1-3H3. The predicted octanol–water partition coefficient (Wildman–Crippen LogP) is 5.53. The lowest BCUT2D eigenvalue weighted by atomic mass is 10.0. The van der Waals surface area contributed by atoms with Crippen molar-refractivity contribution in [1.29, 1.82) is 0 Å². The van der Waals surface area contributed by atoms with E-state index in [0.29, 0.717) is 0 Å². The Balaban J connectivity index is 2.09. The van der Waals surface area contributed by atoms with Gasteiger partial charge in [-0.15, -0.1) is 5.11 Å². The summed E-state index contributed by atoms with van der Waals surface area (Å²) < 4.78 is 0. The van der Waals surface area contributed by atoms with Crippen molar-refractivity contribution < 1.29 is 0 Å². The molecule has 1 heterocycles. The van der Waals surface area contributed by atoms with E-state index < -0.39 is 0 Å². The fourth-order valence-corrected chi connectivity index (χ4v) is 2.69. The van der Waals surface area contributed by atoms with Gasteiger partial charge in [-0.3, -0.25) is 4.98 Å². The zero-order chi connectivity index (χ0) is 14.8. The number of hydrogen-bond donors (Lipinski definition) is 0. The third-order valence-corrected chi connectivity index (χ3v) is 3.58. The highest BCUT2D eigenvalue weighted by Gasteiger charge is 2.13. The summed E-state index contributed by atoms with van der Waals surface area (Å²) in [7, 11) is 0. The Kier molecular flexibility index (Phi) is 3.48. The molecular weight excluding hydrogens is 258 g/mol. The number of fused-ring (bicyclic) bond motifs is 1. The molecule has 2 aliphatic rings. The maximum Gasteiger partial charge on any atom is 0.0938 e. The van der Waals surface area contributed by atoms with Gasteiger partial charge < -0.3 is 0 Å². The average Bonchev–Trinajstić information content (AvgIpc) is 2.85. The predicted molar refractivity (Wildman–Crippen MR) is 85.7 cm³/mol. The van der Waals surface area contributed by atoms with Crippen molar-refractivity contribution in [1.82, 2.24) is 4.98 Å². The molecule has 1 aromatic heterocycles. The van der Waals surface area contributed by atoms with Crippen molar-refractivity contribution in [2.75, 3.05) is 0 Å². The third kappa shape index (κ3) is 2.68. The van der Waals surface area contributed by atoms with Crippen molar-refractivity contribution >= 4 is 11.4 Å².